The highest BCUT2D eigenvalue weighted by atomic mass is 19.3. The van der Waals surface area contributed by atoms with Crippen LogP contribution in [0.25, 0.3) is 0 Å². The number of carbonyl (C=O) groups excluding carboxylic acids is 2. The summed E-state index contributed by atoms with van der Waals surface area (Å²) >= 11 is 0. The van der Waals surface area contributed by atoms with Gasteiger partial charge in [0.25, 0.3) is 5.91 Å². The Hall–Kier alpha value is -3.49. The van der Waals surface area contributed by atoms with Gasteiger partial charge in [-0.2, -0.15) is 13.9 Å². The van der Waals surface area contributed by atoms with E-state index < -0.39 is 24.1 Å². The molecule has 0 bridgehead atoms. The SMILES string of the molecule is CCCCOc1ccc(C=NN2C(=O)N[C@@](C)(c3ccc(OC(F)F)cc3)C2=O)cc1. The zero-order valence-electron chi connectivity index (χ0n) is 17.2. The second-order valence-electron chi connectivity index (χ2n) is 7.09. The topological polar surface area (TPSA) is 80.2 Å². The number of nitrogens with one attached hydrogen (secondary N) is 1. The molecule has 0 aliphatic carbocycles. The van der Waals surface area contributed by atoms with Crippen molar-refractivity contribution in [1.29, 1.82) is 0 Å². The van der Waals surface area contributed by atoms with Crippen LogP contribution in [0.5, 0.6) is 11.5 Å². The highest BCUT2D eigenvalue weighted by Gasteiger charge is 2.49. The first-order chi connectivity index (χ1) is 14.8. The highest BCUT2D eigenvalue weighted by molar-refractivity contribution is 6.07. The number of alkyl halides is 2. The molecule has 1 atom stereocenters. The predicted octanol–water partition coefficient (Wildman–Crippen LogP) is 4.27. The smallest absolute Gasteiger partial charge is 0.387 e. The van der Waals surface area contributed by atoms with Gasteiger partial charge in [0.1, 0.15) is 17.0 Å². The van der Waals surface area contributed by atoms with Crippen molar-refractivity contribution in [2.24, 2.45) is 5.10 Å². The number of hydrogen-bond acceptors (Lipinski definition) is 5. The first-order valence-corrected chi connectivity index (χ1v) is 9.82. The molecule has 2 aromatic rings. The van der Waals surface area contributed by atoms with Crippen LogP contribution >= 0.6 is 0 Å². The summed E-state index contributed by atoms with van der Waals surface area (Å²) in [6.45, 7) is 1.30. The van der Waals surface area contributed by atoms with Crippen molar-refractivity contribution in [3.63, 3.8) is 0 Å². The van der Waals surface area contributed by atoms with E-state index in [4.69, 9.17) is 4.74 Å². The number of hydrazone groups is 1. The van der Waals surface area contributed by atoms with Crippen LogP contribution in [0.3, 0.4) is 0 Å². The van der Waals surface area contributed by atoms with Crippen molar-refractivity contribution in [1.82, 2.24) is 10.3 Å². The van der Waals surface area contributed by atoms with Gasteiger partial charge >= 0.3 is 12.6 Å². The molecular weight excluding hydrogens is 408 g/mol. The molecule has 1 aliphatic heterocycles. The first kappa shape index (κ1) is 22.2. The molecule has 0 spiro atoms. The van der Waals surface area contributed by atoms with E-state index in [1.54, 1.807) is 24.3 Å². The van der Waals surface area contributed by atoms with E-state index in [1.807, 2.05) is 0 Å². The number of unbranched alkanes of at least 4 members (excludes halogenated alkanes) is 1. The number of rotatable bonds is 9. The summed E-state index contributed by atoms with van der Waals surface area (Å²) in [5, 5.41) is 7.36. The number of nitrogens with zero attached hydrogens (tertiary/aromatic N) is 2. The van der Waals surface area contributed by atoms with Gasteiger partial charge in [0.2, 0.25) is 0 Å². The Morgan fingerprint density at radius 2 is 1.74 bits per heavy atom. The predicted molar refractivity (Wildman–Crippen MR) is 110 cm³/mol. The van der Waals surface area contributed by atoms with E-state index in [0.717, 1.165) is 23.6 Å². The average Bonchev–Trinajstić information content (AvgIpc) is 2.96. The minimum Gasteiger partial charge on any atom is -0.494 e. The maximum Gasteiger partial charge on any atom is 0.387 e. The molecule has 9 heteroatoms. The standard InChI is InChI=1S/C22H23F2N3O4/c1-3-4-13-30-17-9-5-15(6-10-17)14-25-27-19(28)22(2,26-21(27)29)16-7-11-18(12-8-16)31-20(23)24/h5-12,14,20H,3-4,13H2,1-2H3,(H,26,29)/t22-/m0/s1. The number of imide groups is 1. The molecule has 1 heterocycles. The summed E-state index contributed by atoms with van der Waals surface area (Å²) < 4.78 is 34.5. The van der Waals surface area contributed by atoms with Crippen LogP contribution in [-0.4, -0.2) is 36.4 Å². The molecule has 3 rings (SSSR count). The molecule has 0 radical (unpaired) electrons. The van der Waals surface area contributed by atoms with E-state index >= 15 is 0 Å². The molecule has 0 unspecified atom stereocenters. The largest absolute Gasteiger partial charge is 0.494 e. The Labute approximate surface area is 178 Å². The lowest BCUT2D eigenvalue weighted by molar-refractivity contribution is -0.131. The van der Waals surface area contributed by atoms with Crippen LogP contribution in [-0.2, 0) is 10.3 Å². The Balaban J connectivity index is 1.69. The molecule has 1 N–H and O–H groups in total. The van der Waals surface area contributed by atoms with Gasteiger partial charge in [-0.05, 0) is 60.9 Å². The lowest BCUT2D eigenvalue weighted by atomic mass is 9.92. The lowest BCUT2D eigenvalue weighted by Crippen LogP contribution is -2.40. The van der Waals surface area contributed by atoms with E-state index in [9.17, 15) is 18.4 Å². The minimum absolute atomic E-state index is 0.0453. The highest BCUT2D eigenvalue weighted by Crippen LogP contribution is 2.30. The number of hydrogen-bond donors (Lipinski definition) is 1. The fraction of sp³-hybridized carbons (Fsp3) is 0.318. The fourth-order valence-corrected chi connectivity index (χ4v) is 3.00. The maximum absolute atomic E-state index is 12.9. The number of carbonyl (C=O) groups is 2. The summed E-state index contributed by atoms with van der Waals surface area (Å²) in [6.07, 6.45) is 3.41. The monoisotopic (exact) mass is 431 g/mol. The van der Waals surface area contributed by atoms with Gasteiger partial charge in [-0.15, -0.1) is 5.01 Å². The van der Waals surface area contributed by atoms with Crippen molar-refractivity contribution in [2.45, 2.75) is 38.8 Å². The summed E-state index contributed by atoms with van der Waals surface area (Å²) in [5.41, 5.74) is -0.279. The van der Waals surface area contributed by atoms with Crippen LogP contribution in [0.2, 0.25) is 0 Å². The van der Waals surface area contributed by atoms with Crippen LogP contribution < -0.4 is 14.8 Å². The number of benzene rings is 2. The Kier molecular flexibility index (Phi) is 6.84. The van der Waals surface area contributed by atoms with Gasteiger partial charge in [-0.1, -0.05) is 25.5 Å². The molecule has 2 aromatic carbocycles. The Morgan fingerprint density at radius 3 is 2.35 bits per heavy atom. The summed E-state index contributed by atoms with van der Waals surface area (Å²) in [4.78, 5) is 25.2. The summed E-state index contributed by atoms with van der Waals surface area (Å²) in [7, 11) is 0. The number of amides is 3. The second-order valence-corrected chi connectivity index (χ2v) is 7.09. The molecule has 164 valence electrons. The van der Waals surface area contributed by atoms with Crippen LogP contribution in [0, 0.1) is 0 Å². The second kappa shape index (κ2) is 9.55. The van der Waals surface area contributed by atoms with Crippen LogP contribution in [0.15, 0.2) is 53.6 Å². The summed E-state index contributed by atoms with van der Waals surface area (Å²) in [5.74, 6) is 0.0966. The first-order valence-electron chi connectivity index (χ1n) is 9.82. The van der Waals surface area contributed by atoms with E-state index in [2.05, 4.69) is 22.1 Å². The fourth-order valence-electron chi connectivity index (χ4n) is 3.00. The van der Waals surface area contributed by atoms with E-state index in [-0.39, 0.29) is 5.75 Å². The quantitative estimate of drug-likeness (QED) is 0.365. The number of urea groups is 1. The lowest BCUT2D eigenvalue weighted by Gasteiger charge is -2.21. The minimum atomic E-state index is -2.95. The number of ether oxygens (including phenoxy) is 2. The molecule has 7 nitrogen and oxygen atoms in total. The van der Waals surface area contributed by atoms with Gasteiger partial charge < -0.3 is 14.8 Å². The van der Waals surface area contributed by atoms with Crippen molar-refractivity contribution >= 4 is 18.2 Å². The van der Waals surface area contributed by atoms with Gasteiger partial charge in [-0.3, -0.25) is 4.79 Å². The zero-order chi connectivity index (χ0) is 22.4. The van der Waals surface area contributed by atoms with Crippen molar-refractivity contribution in [3.05, 3.63) is 59.7 Å². The molecule has 0 aromatic heterocycles. The van der Waals surface area contributed by atoms with Gasteiger partial charge in [-0.25, -0.2) is 4.79 Å². The van der Waals surface area contributed by atoms with Crippen molar-refractivity contribution in [2.75, 3.05) is 6.61 Å². The third kappa shape index (κ3) is 5.17. The van der Waals surface area contributed by atoms with Crippen molar-refractivity contribution in [3.8, 4) is 11.5 Å². The molecule has 1 saturated heterocycles. The van der Waals surface area contributed by atoms with Gasteiger partial charge in [0.15, 0.2) is 0 Å². The molecular formula is C22H23F2N3O4. The van der Waals surface area contributed by atoms with Crippen molar-refractivity contribution < 1.29 is 27.8 Å². The normalized spacial score (nSPS) is 18.7. The van der Waals surface area contributed by atoms with Gasteiger partial charge in [0, 0.05) is 0 Å². The molecule has 1 aliphatic rings. The van der Waals surface area contributed by atoms with E-state index in [1.165, 1.54) is 37.4 Å². The molecule has 0 saturated carbocycles. The maximum atomic E-state index is 12.9. The molecule has 1 fully saturated rings. The van der Waals surface area contributed by atoms with Crippen LogP contribution in [0.4, 0.5) is 13.6 Å². The molecule has 31 heavy (non-hydrogen) atoms. The molecule has 3 amide bonds. The van der Waals surface area contributed by atoms with Gasteiger partial charge in [0.05, 0.1) is 12.8 Å². The summed E-state index contributed by atoms with van der Waals surface area (Å²) in [6, 6.07) is 11.9. The Morgan fingerprint density at radius 1 is 1.10 bits per heavy atom. The zero-order valence-corrected chi connectivity index (χ0v) is 17.2. The third-order valence-electron chi connectivity index (χ3n) is 4.80. The van der Waals surface area contributed by atoms with E-state index in [0.29, 0.717) is 17.7 Å². The average molecular weight is 431 g/mol. The third-order valence-corrected chi connectivity index (χ3v) is 4.80. The van der Waals surface area contributed by atoms with Crippen LogP contribution in [0.1, 0.15) is 37.8 Å². The number of halogens is 2. The Bertz CT molecular complexity index is 948.